The van der Waals surface area contributed by atoms with Crippen LogP contribution in [0.3, 0.4) is 0 Å². The smallest absolute Gasteiger partial charge is 0.188 e. The summed E-state index contributed by atoms with van der Waals surface area (Å²) < 4.78 is 0. The van der Waals surface area contributed by atoms with E-state index in [-0.39, 0.29) is 5.78 Å². The molecule has 1 aliphatic carbocycles. The fraction of sp³-hybridized carbons (Fsp3) is 0.471. The maximum atomic E-state index is 12.5. The zero-order valence-electron chi connectivity index (χ0n) is 11.4. The van der Waals surface area contributed by atoms with Gasteiger partial charge in [-0.2, -0.15) is 0 Å². The molecule has 19 heavy (non-hydrogen) atoms. The lowest BCUT2D eigenvalue weighted by molar-refractivity contribution is 0.103. The third-order valence-electron chi connectivity index (χ3n) is 4.19. The van der Waals surface area contributed by atoms with Crippen LogP contribution in [-0.4, -0.2) is 12.3 Å². The average molecular weight is 255 g/mol. The maximum Gasteiger partial charge on any atom is 0.188 e. The van der Waals surface area contributed by atoms with Crippen LogP contribution in [-0.2, 0) is 13.0 Å². The van der Waals surface area contributed by atoms with E-state index in [0.29, 0.717) is 0 Å². The number of hydrogen-bond donors (Lipinski definition) is 1. The molecular weight excluding hydrogens is 234 g/mol. The van der Waals surface area contributed by atoms with Crippen molar-refractivity contribution in [3.8, 4) is 0 Å². The molecule has 2 heteroatoms. The molecule has 2 nitrogen and oxygen atoms in total. The zero-order chi connectivity index (χ0) is 13.1. The number of allylic oxidation sites excluding steroid dienone is 2. The van der Waals surface area contributed by atoms with Gasteiger partial charge in [-0.1, -0.05) is 24.6 Å². The van der Waals surface area contributed by atoms with Crippen LogP contribution in [0, 0.1) is 0 Å². The van der Waals surface area contributed by atoms with Crippen molar-refractivity contribution in [3.63, 3.8) is 0 Å². The fourth-order valence-corrected chi connectivity index (χ4v) is 3.03. The lowest BCUT2D eigenvalue weighted by Gasteiger charge is -2.17. The zero-order valence-corrected chi connectivity index (χ0v) is 11.4. The molecule has 0 amide bonds. The fourth-order valence-electron chi connectivity index (χ4n) is 3.03. The molecular formula is C17H21NO. The van der Waals surface area contributed by atoms with Gasteiger partial charge in [0.05, 0.1) is 0 Å². The molecule has 0 saturated heterocycles. The molecule has 0 aromatic heterocycles. The Hall–Kier alpha value is -1.41. The average Bonchev–Trinajstić information content (AvgIpc) is 2.75. The maximum absolute atomic E-state index is 12.5. The Balaban J connectivity index is 1.85. The number of hydrogen-bond acceptors (Lipinski definition) is 2. The monoisotopic (exact) mass is 255 g/mol. The van der Waals surface area contributed by atoms with Crippen molar-refractivity contribution in [3.05, 3.63) is 46.5 Å². The van der Waals surface area contributed by atoms with E-state index in [1.54, 1.807) is 0 Å². The highest BCUT2D eigenvalue weighted by molar-refractivity contribution is 6.08. The Morgan fingerprint density at radius 1 is 1.05 bits per heavy atom. The predicted octanol–water partition coefficient (Wildman–Crippen LogP) is 3.41. The second-order valence-corrected chi connectivity index (χ2v) is 5.57. The molecule has 1 N–H and O–H groups in total. The van der Waals surface area contributed by atoms with Crippen LogP contribution in [0.5, 0.6) is 0 Å². The molecule has 1 aromatic rings. The Morgan fingerprint density at radius 3 is 2.95 bits per heavy atom. The summed E-state index contributed by atoms with van der Waals surface area (Å²) >= 11 is 0. The second-order valence-electron chi connectivity index (χ2n) is 5.57. The number of benzene rings is 1. The summed E-state index contributed by atoms with van der Waals surface area (Å²) in [7, 11) is 0. The van der Waals surface area contributed by atoms with Gasteiger partial charge in [0.2, 0.25) is 0 Å². The molecule has 0 unspecified atom stereocenters. The topological polar surface area (TPSA) is 29.1 Å². The van der Waals surface area contributed by atoms with Gasteiger partial charge >= 0.3 is 0 Å². The van der Waals surface area contributed by atoms with Gasteiger partial charge in [-0.25, -0.2) is 0 Å². The first-order valence-corrected chi connectivity index (χ1v) is 7.41. The summed E-state index contributed by atoms with van der Waals surface area (Å²) in [6, 6.07) is 6.24. The van der Waals surface area contributed by atoms with Crippen LogP contribution in [0.15, 0.2) is 29.8 Å². The SMILES string of the molecule is O=C(C1=CCCCCC1)c1ccc2c(c1)CNCC2. The molecule has 0 bridgehead atoms. The first-order chi connectivity index (χ1) is 9.34. The van der Waals surface area contributed by atoms with Crippen molar-refractivity contribution in [2.45, 2.75) is 45.1 Å². The second kappa shape index (κ2) is 5.70. The summed E-state index contributed by atoms with van der Waals surface area (Å²) in [5.74, 6) is 0.246. The number of nitrogens with one attached hydrogen (secondary N) is 1. The molecule has 0 radical (unpaired) electrons. The van der Waals surface area contributed by atoms with Crippen molar-refractivity contribution in [1.29, 1.82) is 0 Å². The Labute approximate surface area is 114 Å². The van der Waals surface area contributed by atoms with Crippen molar-refractivity contribution >= 4 is 5.78 Å². The van der Waals surface area contributed by atoms with E-state index in [4.69, 9.17) is 0 Å². The number of ketones is 1. The highest BCUT2D eigenvalue weighted by atomic mass is 16.1. The highest BCUT2D eigenvalue weighted by Crippen LogP contribution is 2.23. The van der Waals surface area contributed by atoms with E-state index in [1.165, 1.54) is 24.0 Å². The summed E-state index contributed by atoms with van der Waals surface area (Å²) in [6.45, 7) is 1.95. The van der Waals surface area contributed by atoms with Crippen LogP contribution >= 0.6 is 0 Å². The minimum Gasteiger partial charge on any atom is -0.312 e. The van der Waals surface area contributed by atoms with Gasteiger partial charge in [0.1, 0.15) is 0 Å². The first kappa shape index (κ1) is 12.6. The largest absolute Gasteiger partial charge is 0.312 e. The lowest BCUT2D eigenvalue weighted by Crippen LogP contribution is -2.23. The lowest BCUT2D eigenvalue weighted by atomic mass is 9.94. The van der Waals surface area contributed by atoms with Crippen LogP contribution in [0.25, 0.3) is 0 Å². The number of carbonyl (C=O) groups excluding carboxylic acids is 1. The molecule has 3 rings (SSSR count). The molecule has 0 saturated carbocycles. The third-order valence-corrected chi connectivity index (χ3v) is 4.19. The minimum absolute atomic E-state index is 0.246. The Bertz CT molecular complexity index is 516. The van der Waals surface area contributed by atoms with Crippen LogP contribution < -0.4 is 5.32 Å². The molecule has 1 aliphatic heterocycles. The molecule has 0 spiro atoms. The number of carbonyl (C=O) groups is 1. The number of fused-ring (bicyclic) bond motifs is 1. The summed E-state index contributed by atoms with van der Waals surface area (Å²) in [4.78, 5) is 12.5. The van der Waals surface area contributed by atoms with Crippen molar-refractivity contribution < 1.29 is 4.79 Å². The van der Waals surface area contributed by atoms with Gasteiger partial charge in [0, 0.05) is 12.1 Å². The number of Topliss-reactive ketones (excluding diaryl/α,β-unsaturated/α-hetero) is 1. The van der Waals surface area contributed by atoms with E-state index in [2.05, 4.69) is 23.5 Å². The van der Waals surface area contributed by atoms with E-state index in [9.17, 15) is 4.79 Å². The Kier molecular flexibility index (Phi) is 3.79. The van der Waals surface area contributed by atoms with E-state index in [0.717, 1.165) is 49.9 Å². The van der Waals surface area contributed by atoms with E-state index >= 15 is 0 Å². The number of rotatable bonds is 2. The first-order valence-electron chi connectivity index (χ1n) is 7.41. The standard InChI is InChI=1S/C17H21NO/c19-17(14-5-3-1-2-4-6-14)15-8-7-13-9-10-18-12-16(13)11-15/h5,7-8,11,18H,1-4,6,9-10,12H2. The molecule has 1 aromatic carbocycles. The highest BCUT2D eigenvalue weighted by Gasteiger charge is 2.16. The summed E-state index contributed by atoms with van der Waals surface area (Å²) in [6.07, 6.45) is 8.89. The molecule has 0 atom stereocenters. The van der Waals surface area contributed by atoms with Crippen molar-refractivity contribution in [1.82, 2.24) is 5.32 Å². The van der Waals surface area contributed by atoms with Crippen molar-refractivity contribution in [2.24, 2.45) is 0 Å². The normalized spacial score (nSPS) is 19.3. The van der Waals surface area contributed by atoms with Crippen molar-refractivity contribution in [2.75, 3.05) is 6.54 Å². The predicted molar refractivity (Wildman–Crippen MR) is 77.4 cm³/mol. The van der Waals surface area contributed by atoms with Gasteiger partial charge in [-0.3, -0.25) is 4.79 Å². The molecule has 2 aliphatic rings. The van der Waals surface area contributed by atoms with E-state index in [1.807, 2.05) is 6.07 Å². The summed E-state index contributed by atoms with van der Waals surface area (Å²) in [5, 5.41) is 3.37. The Morgan fingerprint density at radius 2 is 2.00 bits per heavy atom. The quantitative estimate of drug-likeness (QED) is 0.821. The molecule has 100 valence electrons. The van der Waals surface area contributed by atoms with Gasteiger partial charge in [-0.15, -0.1) is 0 Å². The van der Waals surface area contributed by atoms with E-state index < -0.39 is 0 Å². The van der Waals surface area contributed by atoms with Gasteiger partial charge in [-0.05, 0) is 61.4 Å². The summed E-state index contributed by atoms with van der Waals surface area (Å²) in [5.41, 5.74) is 4.59. The van der Waals surface area contributed by atoms with Crippen LogP contribution in [0.2, 0.25) is 0 Å². The third kappa shape index (κ3) is 2.79. The molecule has 1 heterocycles. The van der Waals surface area contributed by atoms with Gasteiger partial charge < -0.3 is 5.32 Å². The van der Waals surface area contributed by atoms with Gasteiger partial charge in [0.15, 0.2) is 5.78 Å². The molecule has 0 fully saturated rings. The van der Waals surface area contributed by atoms with Crippen LogP contribution in [0.1, 0.15) is 53.6 Å². The van der Waals surface area contributed by atoms with Crippen LogP contribution in [0.4, 0.5) is 0 Å². The van der Waals surface area contributed by atoms with Gasteiger partial charge in [0.25, 0.3) is 0 Å². The minimum atomic E-state index is 0.246.